The first kappa shape index (κ1) is 5.59. The maximum absolute atomic E-state index is 5.57. The monoisotopic (exact) mass is 138 g/mol. The molecule has 1 saturated heterocycles. The third-order valence-corrected chi connectivity index (χ3v) is 3.76. The van der Waals surface area contributed by atoms with Gasteiger partial charge in [0.15, 0.2) is 0 Å². The second-order valence-electron chi connectivity index (χ2n) is 4.13. The zero-order valence-electron chi connectivity index (χ0n) is 6.42. The third-order valence-electron chi connectivity index (χ3n) is 3.76. The van der Waals surface area contributed by atoms with Gasteiger partial charge in [-0.15, -0.1) is 0 Å². The number of ether oxygens (including phenoxy) is 1. The van der Waals surface area contributed by atoms with Crippen molar-refractivity contribution >= 4 is 0 Å². The van der Waals surface area contributed by atoms with Gasteiger partial charge in [-0.25, -0.2) is 0 Å². The molecule has 0 aromatic rings. The van der Waals surface area contributed by atoms with Crippen LogP contribution in [0.2, 0.25) is 0 Å². The predicted molar refractivity (Wildman–Crippen MR) is 38.7 cm³/mol. The summed E-state index contributed by atoms with van der Waals surface area (Å²) in [6.07, 6.45) is 5.81. The molecule has 10 heavy (non-hydrogen) atoms. The van der Waals surface area contributed by atoms with Crippen molar-refractivity contribution in [3.05, 3.63) is 0 Å². The SMILES string of the molecule is CCC1C[C@@H]2C[C@@H]1[C@H]1O[C@@H]21. The first-order valence-corrected chi connectivity index (χ1v) is 4.55. The minimum Gasteiger partial charge on any atom is -0.369 e. The Morgan fingerprint density at radius 3 is 2.80 bits per heavy atom. The zero-order valence-corrected chi connectivity index (χ0v) is 6.42. The van der Waals surface area contributed by atoms with E-state index in [1.54, 1.807) is 0 Å². The highest BCUT2D eigenvalue weighted by Gasteiger charge is 2.62. The third kappa shape index (κ3) is 0.493. The van der Waals surface area contributed by atoms with E-state index >= 15 is 0 Å². The summed E-state index contributed by atoms with van der Waals surface area (Å²) in [5, 5.41) is 0. The van der Waals surface area contributed by atoms with E-state index in [4.69, 9.17) is 4.74 Å². The van der Waals surface area contributed by atoms with Crippen molar-refractivity contribution in [2.75, 3.05) is 0 Å². The molecule has 0 aromatic carbocycles. The fraction of sp³-hybridized carbons (Fsp3) is 1.00. The molecule has 3 aliphatic rings. The van der Waals surface area contributed by atoms with Crippen LogP contribution in [0.15, 0.2) is 0 Å². The molecule has 1 heterocycles. The second kappa shape index (κ2) is 1.58. The van der Waals surface area contributed by atoms with Gasteiger partial charge >= 0.3 is 0 Å². The smallest absolute Gasteiger partial charge is 0.0875 e. The standard InChI is InChI=1S/C9H14O/c1-2-5-3-6-4-7(5)9-8(6)10-9/h5-9H,2-4H2,1H3/t5?,6-,7+,8+,9-/m1/s1. The highest BCUT2D eigenvalue weighted by atomic mass is 16.6. The molecule has 1 nitrogen and oxygen atoms in total. The van der Waals surface area contributed by atoms with Gasteiger partial charge in [0.25, 0.3) is 0 Å². The molecule has 0 aromatic heterocycles. The molecular weight excluding hydrogens is 124 g/mol. The molecule has 0 N–H and O–H groups in total. The van der Waals surface area contributed by atoms with Crippen LogP contribution in [0.25, 0.3) is 0 Å². The summed E-state index contributed by atoms with van der Waals surface area (Å²) in [6, 6.07) is 0. The highest BCUT2D eigenvalue weighted by Crippen LogP contribution is 2.59. The van der Waals surface area contributed by atoms with Gasteiger partial charge in [0.05, 0.1) is 12.2 Å². The lowest BCUT2D eigenvalue weighted by atomic mass is 9.87. The Bertz CT molecular complexity index is 166. The van der Waals surface area contributed by atoms with Crippen LogP contribution in [0.1, 0.15) is 26.2 Å². The molecule has 3 fully saturated rings. The van der Waals surface area contributed by atoms with E-state index < -0.39 is 0 Å². The van der Waals surface area contributed by atoms with E-state index in [2.05, 4.69) is 6.92 Å². The molecule has 5 atom stereocenters. The Morgan fingerprint density at radius 2 is 2.20 bits per heavy atom. The molecule has 2 aliphatic carbocycles. The molecule has 0 radical (unpaired) electrons. The van der Waals surface area contributed by atoms with Crippen molar-refractivity contribution in [1.82, 2.24) is 0 Å². The summed E-state index contributed by atoms with van der Waals surface area (Å²) in [5.41, 5.74) is 0. The van der Waals surface area contributed by atoms with Gasteiger partial charge in [-0.3, -0.25) is 0 Å². The van der Waals surface area contributed by atoms with Crippen LogP contribution < -0.4 is 0 Å². The maximum Gasteiger partial charge on any atom is 0.0875 e. The molecular formula is C9H14O. The number of epoxide rings is 1. The number of hydrogen-bond donors (Lipinski definition) is 0. The lowest BCUT2D eigenvalue weighted by Crippen LogP contribution is -2.16. The fourth-order valence-corrected chi connectivity index (χ4v) is 3.20. The quantitative estimate of drug-likeness (QED) is 0.503. The van der Waals surface area contributed by atoms with Gasteiger partial charge in [-0.2, -0.15) is 0 Å². The fourth-order valence-electron chi connectivity index (χ4n) is 3.20. The number of rotatable bonds is 1. The Morgan fingerprint density at radius 1 is 1.30 bits per heavy atom. The topological polar surface area (TPSA) is 12.5 Å². The average Bonchev–Trinajstić information content (AvgIpc) is 2.58. The van der Waals surface area contributed by atoms with Crippen LogP contribution in [0, 0.1) is 17.8 Å². The second-order valence-corrected chi connectivity index (χ2v) is 4.13. The van der Waals surface area contributed by atoms with Gasteiger partial charge in [0.1, 0.15) is 0 Å². The van der Waals surface area contributed by atoms with Crippen molar-refractivity contribution < 1.29 is 4.74 Å². The maximum atomic E-state index is 5.57. The Balaban J connectivity index is 1.85. The van der Waals surface area contributed by atoms with Crippen molar-refractivity contribution in [2.24, 2.45) is 17.8 Å². The van der Waals surface area contributed by atoms with E-state index in [0.717, 1.165) is 30.0 Å². The van der Waals surface area contributed by atoms with Crippen molar-refractivity contribution in [3.8, 4) is 0 Å². The normalized spacial score (nSPS) is 62.7. The zero-order chi connectivity index (χ0) is 6.72. The Hall–Kier alpha value is -0.0400. The van der Waals surface area contributed by atoms with E-state index in [1.165, 1.54) is 19.3 Å². The molecule has 1 unspecified atom stereocenters. The van der Waals surface area contributed by atoms with Gasteiger partial charge in [-0.1, -0.05) is 13.3 Å². The predicted octanol–water partition coefficient (Wildman–Crippen LogP) is 1.82. The van der Waals surface area contributed by atoms with Crippen molar-refractivity contribution in [3.63, 3.8) is 0 Å². The van der Waals surface area contributed by atoms with E-state index in [0.29, 0.717) is 0 Å². The lowest BCUT2D eigenvalue weighted by molar-refractivity contribution is 0.249. The van der Waals surface area contributed by atoms with Gasteiger partial charge in [-0.05, 0) is 30.6 Å². The van der Waals surface area contributed by atoms with Gasteiger partial charge in [0.2, 0.25) is 0 Å². The van der Waals surface area contributed by atoms with Gasteiger partial charge in [0, 0.05) is 0 Å². The van der Waals surface area contributed by atoms with Crippen molar-refractivity contribution in [1.29, 1.82) is 0 Å². The molecule has 0 spiro atoms. The summed E-state index contributed by atoms with van der Waals surface area (Å²) in [6.45, 7) is 2.32. The van der Waals surface area contributed by atoms with Crippen LogP contribution in [-0.4, -0.2) is 12.2 Å². The Kier molecular flexibility index (Phi) is 0.883. The summed E-state index contributed by atoms with van der Waals surface area (Å²) in [5.74, 6) is 2.97. The largest absolute Gasteiger partial charge is 0.369 e. The van der Waals surface area contributed by atoms with E-state index in [-0.39, 0.29) is 0 Å². The van der Waals surface area contributed by atoms with Crippen LogP contribution in [0.5, 0.6) is 0 Å². The van der Waals surface area contributed by atoms with E-state index in [1.807, 2.05) is 0 Å². The highest BCUT2D eigenvalue weighted by molar-refractivity contribution is 5.10. The molecule has 1 heteroatoms. The number of hydrogen-bond acceptors (Lipinski definition) is 1. The molecule has 0 amide bonds. The molecule has 56 valence electrons. The minimum absolute atomic E-state index is 0.726. The summed E-state index contributed by atoms with van der Waals surface area (Å²) < 4.78 is 5.57. The van der Waals surface area contributed by atoms with Crippen LogP contribution in [0.4, 0.5) is 0 Å². The lowest BCUT2D eigenvalue weighted by Gasteiger charge is -2.16. The van der Waals surface area contributed by atoms with Crippen LogP contribution in [-0.2, 0) is 4.74 Å². The van der Waals surface area contributed by atoms with Gasteiger partial charge < -0.3 is 4.74 Å². The van der Waals surface area contributed by atoms with Crippen LogP contribution >= 0.6 is 0 Å². The molecule has 2 saturated carbocycles. The summed E-state index contributed by atoms with van der Waals surface area (Å²) in [4.78, 5) is 0. The molecule has 1 aliphatic heterocycles. The van der Waals surface area contributed by atoms with Crippen molar-refractivity contribution in [2.45, 2.75) is 38.4 Å². The summed E-state index contributed by atoms with van der Waals surface area (Å²) in [7, 11) is 0. The Labute approximate surface area is 61.8 Å². The van der Waals surface area contributed by atoms with E-state index in [9.17, 15) is 0 Å². The molecule has 2 bridgehead atoms. The van der Waals surface area contributed by atoms with Crippen LogP contribution in [0.3, 0.4) is 0 Å². The first-order valence-electron chi connectivity index (χ1n) is 4.55. The average molecular weight is 138 g/mol. The first-order chi connectivity index (χ1) is 4.90. The minimum atomic E-state index is 0.726. The number of fused-ring (bicyclic) bond motifs is 5. The summed E-state index contributed by atoms with van der Waals surface area (Å²) >= 11 is 0. The molecule has 3 rings (SSSR count).